The van der Waals surface area contributed by atoms with Crippen molar-refractivity contribution in [3.8, 4) is 0 Å². The predicted molar refractivity (Wildman–Crippen MR) is 74.4 cm³/mol. The van der Waals surface area contributed by atoms with Crippen LogP contribution < -0.4 is 5.32 Å². The lowest BCUT2D eigenvalue weighted by Crippen LogP contribution is -2.50. The maximum absolute atomic E-state index is 14.2. The molecule has 1 aromatic carbocycles. The number of rotatable bonds is 4. The molecule has 1 atom stereocenters. The highest BCUT2D eigenvalue weighted by atomic mass is 19.2. The zero-order chi connectivity index (χ0) is 15.6. The fraction of sp³-hybridized carbons (Fsp3) is 0.600. The van der Waals surface area contributed by atoms with Crippen LogP contribution in [0.4, 0.5) is 13.2 Å². The Morgan fingerprint density at radius 1 is 1.19 bits per heavy atom. The molecular weight excluding hydrogens is 281 g/mol. The number of hydrogen-bond acceptors (Lipinski definition) is 3. The number of piperazine rings is 1. The van der Waals surface area contributed by atoms with E-state index in [1.807, 2.05) is 4.90 Å². The van der Waals surface area contributed by atoms with E-state index in [1.165, 1.54) is 0 Å². The second-order valence-corrected chi connectivity index (χ2v) is 6.09. The van der Waals surface area contributed by atoms with E-state index >= 15 is 0 Å². The molecule has 118 valence electrons. The predicted octanol–water partition coefficient (Wildman–Crippen LogP) is 2.07. The standard InChI is InChI=1S/C15H21F3N2O/c1-15(2,9-21)14(20-7-5-19-6-8-20)12-10(16)3-4-11(17)13(12)18/h3-4,14,19,21H,5-9H2,1-2H3/t14-/m0/s1. The first kappa shape index (κ1) is 16.3. The van der Waals surface area contributed by atoms with Gasteiger partial charge < -0.3 is 10.4 Å². The van der Waals surface area contributed by atoms with Gasteiger partial charge >= 0.3 is 0 Å². The molecule has 2 rings (SSSR count). The molecule has 1 aromatic rings. The summed E-state index contributed by atoms with van der Waals surface area (Å²) < 4.78 is 41.9. The van der Waals surface area contributed by atoms with E-state index in [2.05, 4.69) is 5.32 Å². The molecule has 1 aliphatic rings. The van der Waals surface area contributed by atoms with E-state index in [4.69, 9.17) is 0 Å². The molecule has 3 nitrogen and oxygen atoms in total. The fourth-order valence-corrected chi connectivity index (χ4v) is 2.89. The summed E-state index contributed by atoms with van der Waals surface area (Å²) in [6.07, 6.45) is 0. The summed E-state index contributed by atoms with van der Waals surface area (Å²) in [5.41, 5.74) is -1.09. The lowest BCUT2D eigenvalue weighted by Gasteiger charge is -2.43. The van der Waals surface area contributed by atoms with Crippen molar-refractivity contribution in [3.05, 3.63) is 35.1 Å². The summed E-state index contributed by atoms with van der Waals surface area (Å²) in [5.74, 6) is -3.01. The fourth-order valence-electron chi connectivity index (χ4n) is 2.89. The van der Waals surface area contributed by atoms with Crippen LogP contribution in [0, 0.1) is 22.9 Å². The summed E-state index contributed by atoms with van der Waals surface area (Å²) in [6.45, 7) is 5.75. The Kier molecular flexibility index (Phi) is 4.91. The molecule has 2 N–H and O–H groups in total. The van der Waals surface area contributed by atoms with Gasteiger partial charge in [0, 0.05) is 49.8 Å². The van der Waals surface area contributed by atoms with E-state index in [9.17, 15) is 18.3 Å². The molecule has 0 bridgehead atoms. The molecule has 0 aliphatic carbocycles. The number of hydrogen-bond donors (Lipinski definition) is 2. The third-order valence-corrected chi connectivity index (χ3v) is 4.02. The minimum atomic E-state index is -1.17. The molecule has 21 heavy (non-hydrogen) atoms. The van der Waals surface area contributed by atoms with E-state index in [0.717, 1.165) is 12.1 Å². The van der Waals surface area contributed by atoms with Crippen LogP contribution in [0.5, 0.6) is 0 Å². The van der Waals surface area contributed by atoms with Crippen molar-refractivity contribution in [2.75, 3.05) is 32.8 Å². The number of benzene rings is 1. The summed E-state index contributed by atoms with van der Waals surface area (Å²) in [4.78, 5) is 1.90. The monoisotopic (exact) mass is 302 g/mol. The van der Waals surface area contributed by atoms with Gasteiger partial charge in [-0.3, -0.25) is 4.90 Å². The summed E-state index contributed by atoms with van der Waals surface area (Å²) in [7, 11) is 0. The number of nitrogens with zero attached hydrogens (tertiary/aromatic N) is 1. The van der Waals surface area contributed by atoms with E-state index in [0.29, 0.717) is 26.2 Å². The lowest BCUT2D eigenvalue weighted by atomic mass is 9.79. The molecule has 0 amide bonds. The largest absolute Gasteiger partial charge is 0.396 e. The third kappa shape index (κ3) is 3.22. The highest BCUT2D eigenvalue weighted by Gasteiger charge is 2.39. The minimum absolute atomic E-state index is 0.253. The van der Waals surface area contributed by atoms with Gasteiger partial charge in [0.1, 0.15) is 5.82 Å². The molecule has 6 heteroatoms. The topological polar surface area (TPSA) is 35.5 Å². The summed E-state index contributed by atoms with van der Waals surface area (Å²) in [5, 5.41) is 12.8. The first-order chi connectivity index (χ1) is 9.88. The van der Waals surface area contributed by atoms with E-state index < -0.39 is 28.9 Å². The molecule has 0 aromatic heterocycles. The Bertz CT molecular complexity index is 502. The van der Waals surface area contributed by atoms with Crippen LogP contribution in [0.3, 0.4) is 0 Å². The zero-order valence-electron chi connectivity index (χ0n) is 12.3. The van der Waals surface area contributed by atoms with E-state index in [1.54, 1.807) is 13.8 Å². The molecule has 1 heterocycles. The first-order valence-electron chi connectivity index (χ1n) is 7.07. The molecule has 1 fully saturated rings. The SMILES string of the molecule is CC(C)(CO)[C@H](c1c(F)ccc(F)c1F)N1CCNCC1. The van der Waals surface area contributed by atoms with Crippen molar-refractivity contribution in [1.29, 1.82) is 0 Å². The van der Waals surface area contributed by atoms with Gasteiger partial charge in [0.15, 0.2) is 11.6 Å². The van der Waals surface area contributed by atoms with Crippen molar-refractivity contribution in [3.63, 3.8) is 0 Å². The lowest BCUT2D eigenvalue weighted by molar-refractivity contribution is 0.0262. The molecular formula is C15H21F3N2O. The molecule has 0 saturated carbocycles. The normalized spacial score (nSPS) is 18.8. The van der Waals surface area contributed by atoms with Gasteiger partial charge in [0.2, 0.25) is 0 Å². The second kappa shape index (κ2) is 6.34. The quantitative estimate of drug-likeness (QED) is 0.836. The van der Waals surface area contributed by atoms with Crippen molar-refractivity contribution in [2.45, 2.75) is 19.9 Å². The number of nitrogens with one attached hydrogen (secondary N) is 1. The zero-order valence-corrected chi connectivity index (χ0v) is 12.3. The van der Waals surface area contributed by atoms with Crippen LogP contribution >= 0.6 is 0 Å². The number of halogens is 3. The molecule has 0 unspecified atom stereocenters. The Hall–Kier alpha value is -1.11. The smallest absolute Gasteiger partial charge is 0.166 e. The van der Waals surface area contributed by atoms with Gasteiger partial charge in [0.25, 0.3) is 0 Å². The Morgan fingerprint density at radius 3 is 2.33 bits per heavy atom. The van der Waals surface area contributed by atoms with Gasteiger partial charge in [-0.2, -0.15) is 0 Å². The highest BCUT2D eigenvalue weighted by Crippen LogP contribution is 2.40. The second-order valence-electron chi connectivity index (χ2n) is 6.09. The van der Waals surface area contributed by atoms with Gasteiger partial charge in [-0.25, -0.2) is 13.2 Å². The van der Waals surface area contributed by atoms with Crippen molar-refractivity contribution in [2.24, 2.45) is 5.41 Å². The van der Waals surface area contributed by atoms with E-state index in [-0.39, 0.29) is 12.2 Å². The third-order valence-electron chi connectivity index (χ3n) is 4.02. The molecule has 0 radical (unpaired) electrons. The van der Waals surface area contributed by atoms with Crippen molar-refractivity contribution in [1.82, 2.24) is 10.2 Å². The maximum Gasteiger partial charge on any atom is 0.166 e. The van der Waals surface area contributed by atoms with Crippen LogP contribution in [-0.2, 0) is 0 Å². The van der Waals surface area contributed by atoms with Crippen molar-refractivity contribution >= 4 is 0 Å². The van der Waals surface area contributed by atoms with Crippen LogP contribution in [0.1, 0.15) is 25.5 Å². The Balaban J connectivity index is 2.52. The van der Waals surface area contributed by atoms with Crippen LogP contribution in [0.2, 0.25) is 0 Å². The van der Waals surface area contributed by atoms with Crippen molar-refractivity contribution < 1.29 is 18.3 Å². The summed E-state index contributed by atoms with van der Waals surface area (Å²) in [6, 6.07) is 1.01. The van der Waals surface area contributed by atoms with Gasteiger partial charge in [0.05, 0.1) is 0 Å². The van der Waals surface area contributed by atoms with Gasteiger partial charge in [-0.15, -0.1) is 0 Å². The average Bonchev–Trinajstić information content (AvgIpc) is 2.48. The molecule has 0 spiro atoms. The minimum Gasteiger partial charge on any atom is -0.396 e. The Morgan fingerprint density at radius 2 is 1.76 bits per heavy atom. The van der Waals surface area contributed by atoms with Crippen LogP contribution in [-0.4, -0.2) is 42.8 Å². The van der Waals surface area contributed by atoms with Crippen LogP contribution in [0.15, 0.2) is 12.1 Å². The Labute approximate surface area is 122 Å². The highest BCUT2D eigenvalue weighted by molar-refractivity contribution is 5.26. The number of aliphatic hydroxyl groups excluding tert-OH is 1. The molecule has 1 saturated heterocycles. The average molecular weight is 302 g/mol. The maximum atomic E-state index is 14.2. The first-order valence-corrected chi connectivity index (χ1v) is 7.07. The molecule has 1 aliphatic heterocycles. The number of aliphatic hydroxyl groups is 1. The summed E-state index contributed by atoms with van der Waals surface area (Å²) >= 11 is 0. The van der Waals surface area contributed by atoms with Crippen LogP contribution in [0.25, 0.3) is 0 Å². The van der Waals surface area contributed by atoms with Gasteiger partial charge in [-0.1, -0.05) is 13.8 Å². The van der Waals surface area contributed by atoms with Gasteiger partial charge in [-0.05, 0) is 12.1 Å².